The number of carboxylic acids is 1. The largest absolute Gasteiger partial charge is 0.481 e. The highest BCUT2D eigenvalue weighted by Gasteiger charge is 2.21. The van der Waals surface area contributed by atoms with Gasteiger partial charge in [0.2, 0.25) is 5.91 Å². The molecule has 0 aromatic heterocycles. The van der Waals surface area contributed by atoms with Crippen LogP contribution in [-0.2, 0) is 9.59 Å². The molecule has 1 fully saturated rings. The van der Waals surface area contributed by atoms with Crippen LogP contribution in [0.15, 0.2) is 0 Å². The van der Waals surface area contributed by atoms with Gasteiger partial charge in [-0.25, -0.2) is 0 Å². The van der Waals surface area contributed by atoms with Crippen LogP contribution in [0.25, 0.3) is 0 Å². The molecule has 5 heteroatoms. The molecule has 80 valence electrons. The number of nitrogens with one attached hydrogen (secondary N) is 2. The quantitative estimate of drug-likeness (QED) is 0.488. The molecule has 0 bridgehead atoms. The number of hydrogen-bond acceptors (Lipinski definition) is 3. The van der Waals surface area contributed by atoms with Gasteiger partial charge in [0.25, 0.3) is 0 Å². The minimum absolute atomic E-state index is 0.0515. The Morgan fingerprint density at radius 3 is 2.64 bits per heavy atom. The number of carbonyl (C=O) groups excluding carboxylic acids is 1. The summed E-state index contributed by atoms with van der Waals surface area (Å²) in [4.78, 5) is 21.2. The Morgan fingerprint density at radius 1 is 1.36 bits per heavy atom. The van der Waals surface area contributed by atoms with E-state index in [1.165, 1.54) is 12.8 Å². The van der Waals surface area contributed by atoms with E-state index in [1.807, 2.05) is 0 Å². The lowest BCUT2D eigenvalue weighted by molar-refractivity contribution is -0.137. The second kappa shape index (κ2) is 5.59. The molecule has 1 saturated carbocycles. The van der Waals surface area contributed by atoms with Crippen LogP contribution in [0.2, 0.25) is 0 Å². The molecule has 1 aliphatic rings. The summed E-state index contributed by atoms with van der Waals surface area (Å²) in [5, 5.41) is 13.9. The lowest BCUT2D eigenvalue weighted by Gasteiger charge is -2.04. The third-order valence-electron chi connectivity index (χ3n) is 2.09. The van der Waals surface area contributed by atoms with E-state index in [0.29, 0.717) is 12.5 Å². The molecule has 3 N–H and O–H groups in total. The van der Waals surface area contributed by atoms with Gasteiger partial charge in [-0.05, 0) is 18.8 Å². The van der Waals surface area contributed by atoms with Crippen molar-refractivity contribution in [3.8, 4) is 0 Å². The maximum Gasteiger partial charge on any atom is 0.304 e. The van der Waals surface area contributed by atoms with Crippen molar-refractivity contribution in [2.45, 2.75) is 19.3 Å². The molecular weight excluding hydrogens is 184 g/mol. The van der Waals surface area contributed by atoms with Crippen molar-refractivity contribution >= 4 is 11.9 Å². The van der Waals surface area contributed by atoms with Crippen molar-refractivity contribution in [3.05, 3.63) is 0 Å². The molecule has 1 rings (SSSR count). The Bertz CT molecular complexity index is 214. The van der Waals surface area contributed by atoms with Gasteiger partial charge in [-0.2, -0.15) is 0 Å². The van der Waals surface area contributed by atoms with Gasteiger partial charge in [0.05, 0.1) is 13.0 Å². The third kappa shape index (κ3) is 5.53. The van der Waals surface area contributed by atoms with Crippen molar-refractivity contribution in [1.82, 2.24) is 10.6 Å². The molecule has 0 radical (unpaired) electrons. The summed E-state index contributed by atoms with van der Waals surface area (Å²) < 4.78 is 0. The van der Waals surface area contributed by atoms with E-state index in [-0.39, 0.29) is 18.9 Å². The van der Waals surface area contributed by atoms with Crippen molar-refractivity contribution in [2.75, 3.05) is 19.6 Å². The van der Waals surface area contributed by atoms with Crippen LogP contribution >= 0.6 is 0 Å². The normalized spacial score (nSPS) is 15.1. The maximum absolute atomic E-state index is 11.1. The fraction of sp³-hybridized carbons (Fsp3) is 0.778. The lowest BCUT2D eigenvalue weighted by Crippen LogP contribution is -2.35. The first-order valence-corrected chi connectivity index (χ1v) is 4.87. The molecule has 0 spiro atoms. The highest BCUT2D eigenvalue weighted by atomic mass is 16.4. The predicted molar refractivity (Wildman–Crippen MR) is 50.9 cm³/mol. The van der Waals surface area contributed by atoms with E-state index in [0.717, 1.165) is 6.54 Å². The van der Waals surface area contributed by atoms with Crippen molar-refractivity contribution in [2.24, 2.45) is 5.92 Å². The van der Waals surface area contributed by atoms with E-state index in [2.05, 4.69) is 10.6 Å². The SMILES string of the molecule is O=C(O)CCNCC(=O)NCC1CC1. The van der Waals surface area contributed by atoms with Gasteiger partial charge in [-0.3, -0.25) is 9.59 Å². The molecule has 0 aliphatic heterocycles. The van der Waals surface area contributed by atoms with Crippen molar-refractivity contribution < 1.29 is 14.7 Å². The first-order chi connectivity index (χ1) is 6.68. The number of rotatable bonds is 7. The zero-order valence-electron chi connectivity index (χ0n) is 8.08. The minimum atomic E-state index is -0.851. The number of carbonyl (C=O) groups is 2. The smallest absolute Gasteiger partial charge is 0.304 e. The van der Waals surface area contributed by atoms with Crippen LogP contribution < -0.4 is 10.6 Å². The first kappa shape index (κ1) is 11.0. The average Bonchev–Trinajstić information content (AvgIpc) is 2.92. The monoisotopic (exact) mass is 200 g/mol. The van der Waals surface area contributed by atoms with E-state index < -0.39 is 5.97 Å². The van der Waals surface area contributed by atoms with Crippen molar-refractivity contribution in [3.63, 3.8) is 0 Å². The molecule has 1 aliphatic carbocycles. The molecule has 1 amide bonds. The van der Waals surface area contributed by atoms with Gasteiger partial charge in [0, 0.05) is 13.1 Å². The van der Waals surface area contributed by atoms with E-state index in [9.17, 15) is 9.59 Å². The second-order valence-corrected chi connectivity index (χ2v) is 3.57. The number of amides is 1. The fourth-order valence-corrected chi connectivity index (χ4v) is 1.04. The fourth-order valence-electron chi connectivity index (χ4n) is 1.04. The maximum atomic E-state index is 11.1. The van der Waals surface area contributed by atoms with Gasteiger partial charge in [0.15, 0.2) is 0 Å². The van der Waals surface area contributed by atoms with Crippen molar-refractivity contribution in [1.29, 1.82) is 0 Å². The molecule has 0 aromatic carbocycles. The van der Waals surface area contributed by atoms with Gasteiger partial charge >= 0.3 is 5.97 Å². The van der Waals surface area contributed by atoms with Gasteiger partial charge in [-0.15, -0.1) is 0 Å². The molecule has 5 nitrogen and oxygen atoms in total. The summed E-state index contributed by atoms with van der Waals surface area (Å²) in [7, 11) is 0. The Labute approximate surface area is 82.9 Å². The summed E-state index contributed by atoms with van der Waals surface area (Å²) in [5.41, 5.74) is 0. The third-order valence-corrected chi connectivity index (χ3v) is 2.09. The van der Waals surface area contributed by atoms with E-state index >= 15 is 0 Å². The Hall–Kier alpha value is -1.10. The zero-order chi connectivity index (χ0) is 10.4. The predicted octanol–water partition coefficient (Wildman–Crippen LogP) is -0.423. The van der Waals surface area contributed by atoms with Crippen LogP contribution in [-0.4, -0.2) is 36.6 Å². The van der Waals surface area contributed by atoms with Crippen LogP contribution in [0.1, 0.15) is 19.3 Å². The van der Waals surface area contributed by atoms with E-state index in [1.54, 1.807) is 0 Å². The molecule has 0 aromatic rings. The van der Waals surface area contributed by atoms with Crippen LogP contribution in [0.5, 0.6) is 0 Å². The number of carboxylic acid groups (broad SMARTS) is 1. The molecule has 14 heavy (non-hydrogen) atoms. The minimum Gasteiger partial charge on any atom is -0.481 e. The number of hydrogen-bond donors (Lipinski definition) is 3. The molecular formula is C9H16N2O3. The topological polar surface area (TPSA) is 78.4 Å². The Balaban J connectivity index is 1.88. The molecule has 0 atom stereocenters. The summed E-state index contributed by atoms with van der Waals surface area (Å²) >= 11 is 0. The van der Waals surface area contributed by atoms with Crippen LogP contribution in [0, 0.1) is 5.92 Å². The molecule has 0 unspecified atom stereocenters. The highest BCUT2D eigenvalue weighted by molar-refractivity contribution is 5.78. The van der Waals surface area contributed by atoms with Gasteiger partial charge in [0.1, 0.15) is 0 Å². The zero-order valence-corrected chi connectivity index (χ0v) is 8.08. The Morgan fingerprint density at radius 2 is 2.07 bits per heavy atom. The van der Waals surface area contributed by atoms with E-state index in [4.69, 9.17) is 5.11 Å². The van der Waals surface area contributed by atoms with Crippen LogP contribution in [0.4, 0.5) is 0 Å². The summed E-state index contributed by atoms with van der Waals surface area (Å²) in [5.74, 6) is -0.226. The number of aliphatic carboxylic acids is 1. The molecule has 0 heterocycles. The summed E-state index contributed by atoms with van der Waals surface area (Å²) in [6, 6.07) is 0. The summed E-state index contributed by atoms with van der Waals surface area (Å²) in [6.45, 7) is 1.31. The van der Waals surface area contributed by atoms with Gasteiger partial charge < -0.3 is 15.7 Å². The summed E-state index contributed by atoms with van der Waals surface area (Å²) in [6.07, 6.45) is 2.48. The van der Waals surface area contributed by atoms with Gasteiger partial charge in [-0.1, -0.05) is 0 Å². The lowest BCUT2D eigenvalue weighted by atomic mass is 10.4. The van der Waals surface area contributed by atoms with Crippen LogP contribution in [0.3, 0.4) is 0 Å². The standard InChI is InChI=1S/C9H16N2O3/c12-8(11-5-7-1-2-7)6-10-4-3-9(13)14/h7,10H,1-6H2,(H,11,12)(H,13,14). The Kier molecular flexibility index (Phi) is 4.39. The average molecular weight is 200 g/mol. The molecule has 0 saturated heterocycles. The highest BCUT2D eigenvalue weighted by Crippen LogP contribution is 2.27. The first-order valence-electron chi connectivity index (χ1n) is 4.87. The second-order valence-electron chi connectivity index (χ2n) is 3.57.